The predicted molar refractivity (Wildman–Crippen MR) is 91.6 cm³/mol. The van der Waals surface area contributed by atoms with Crippen molar-refractivity contribution in [2.24, 2.45) is 0 Å². The predicted octanol–water partition coefficient (Wildman–Crippen LogP) is 3.72. The topological polar surface area (TPSA) is 33.7 Å². The third-order valence-corrected chi connectivity index (χ3v) is 5.23. The third kappa shape index (κ3) is 2.02. The van der Waals surface area contributed by atoms with Gasteiger partial charge in [0.05, 0.1) is 10.2 Å². The van der Waals surface area contributed by atoms with Gasteiger partial charge in [0.25, 0.3) is 0 Å². The molecule has 0 radical (unpaired) electrons. The van der Waals surface area contributed by atoms with E-state index in [1.165, 1.54) is 0 Å². The third-order valence-electron chi connectivity index (χ3n) is 3.94. The number of rotatable bonds is 1. The van der Waals surface area contributed by atoms with Crippen molar-refractivity contribution in [3.63, 3.8) is 0 Å². The molecule has 4 rings (SSSR count). The minimum Gasteiger partial charge on any atom is -0.389 e. The van der Waals surface area contributed by atoms with Gasteiger partial charge in [-0.25, -0.2) is 9.97 Å². The van der Waals surface area contributed by atoms with Crippen LogP contribution in [0.1, 0.15) is 17.1 Å². The Morgan fingerprint density at radius 2 is 1.83 bits per heavy atom. The molecular formula is C14H9BBr2F2N4. The van der Waals surface area contributed by atoms with Crippen LogP contribution in [-0.4, -0.2) is 30.5 Å². The molecule has 2 aromatic rings. The fourth-order valence-corrected chi connectivity index (χ4v) is 4.09. The molecule has 0 saturated carbocycles. The zero-order chi connectivity index (χ0) is 16.4. The smallest absolute Gasteiger partial charge is 0.389 e. The van der Waals surface area contributed by atoms with E-state index in [1.54, 1.807) is 43.6 Å². The highest BCUT2D eigenvalue weighted by Gasteiger charge is 2.54. The molecular weight excluding hydrogens is 433 g/mol. The lowest BCUT2D eigenvalue weighted by Crippen LogP contribution is -2.50. The van der Waals surface area contributed by atoms with Crippen molar-refractivity contribution < 1.29 is 13.1 Å². The minimum atomic E-state index is -3.99. The Bertz CT molecular complexity index is 929. The Morgan fingerprint density at radius 3 is 2.52 bits per heavy atom. The highest BCUT2D eigenvalue weighted by Crippen LogP contribution is 2.41. The maximum atomic E-state index is 15.0. The van der Waals surface area contributed by atoms with Crippen molar-refractivity contribution in [3.8, 4) is 0 Å². The van der Waals surface area contributed by atoms with Gasteiger partial charge < -0.3 is 17.6 Å². The molecule has 0 fully saturated rings. The number of hydrogen-bond acceptors (Lipinski definition) is 2. The zero-order valence-electron chi connectivity index (χ0n) is 11.8. The van der Waals surface area contributed by atoms with E-state index in [2.05, 4.69) is 41.8 Å². The Labute approximate surface area is 147 Å². The van der Waals surface area contributed by atoms with E-state index in [4.69, 9.17) is 0 Å². The van der Waals surface area contributed by atoms with Crippen LogP contribution in [0, 0.1) is 6.92 Å². The van der Waals surface area contributed by atoms with Crippen LogP contribution >= 0.6 is 31.9 Å². The summed E-state index contributed by atoms with van der Waals surface area (Å²) in [7, 11) is 0. The molecule has 0 aliphatic carbocycles. The first-order valence-electron chi connectivity index (χ1n) is 6.84. The molecule has 116 valence electrons. The fourth-order valence-electron chi connectivity index (χ4n) is 2.95. The molecule has 4 nitrogen and oxygen atoms in total. The lowest BCUT2D eigenvalue weighted by molar-refractivity contribution is -0.358. The number of aromatic nitrogens is 3. The molecule has 4 heterocycles. The van der Waals surface area contributed by atoms with E-state index in [-0.39, 0.29) is 0 Å². The van der Waals surface area contributed by atoms with Crippen molar-refractivity contribution in [2.75, 3.05) is 0 Å². The Kier molecular flexibility index (Phi) is 3.21. The van der Waals surface area contributed by atoms with Crippen LogP contribution in [0.3, 0.4) is 0 Å². The number of aryl methyl sites for hydroxylation is 1. The number of fused-ring (bicyclic) bond motifs is 2. The van der Waals surface area contributed by atoms with Crippen molar-refractivity contribution in [1.29, 1.82) is 0 Å². The number of hydrogen-bond donors (Lipinski definition) is 0. The number of nitrogens with zero attached hydrogens (tertiary/aromatic N) is 4. The van der Waals surface area contributed by atoms with E-state index in [1.807, 2.05) is 0 Å². The monoisotopic (exact) mass is 440 g/mol. The van der Waals surface area contributed by atoms with Crippen molar-refractivity contribution >= 4 is 49.0 Å². The molecule has 9 heteroatoms. The second-order valence-electron chi connectivity index (χ2n) is 5.30. The first kappa shape index (κ1) is 15.0. The van der Waals surface area contributed by atoms with Gasteiger partial charge in [-0.2, -0.15) is 0 Å². The number of allylic oxidation sites excluding steroid dienone is 2. The molecule has 0 bridgehead atoms. The first-order valence-corrected chi connectivity index (χ1v) is 8.42. The van der Waals surface area contributed by atoms with Crippen LogP contribution in [-0.2, 0) is 0 Å². The van der Waals surface area contributed by atoms with E-state index in [9.17, 15) is 0 Å². The average molecular weight is 442 g/mol. The summed E-state index contributed by atoms with van der Waals surface area (Å²) in [5.41, 5.74) is 2.25. The van der Waals surface area contributed by atoms with Gasteiger partial charge in [-0.15, -0.1) is 0 Å². The Morgan fingerprint density at radius 1 is 1.13 bits per heavy atom. The van der Waals surface area contributed by atoms with Crippen LogP contribution in [0.2, 0.25) is 0 Å². The lowest BCUT2D eigenvalue weighted by atomic mass is 9.87. The van der Waals surface area contributed by atoms with Crippen molar-refractivity contribution in [1.82, 2.24) is 14.4 Å². The summed E-state index contributed by atoms with van der Waals surface area (Å²) in [4.78, 5) is 8.39. The van der Waals surface area contributed by atoms with Crippen LogP contribution in [0.4, 0.5) is 8.63 Å². The largest absolute Gasteiger partial charge is 0.738 e. The molecule has 2 aliphatic rings. The lowest BCUT2D eigenvalue weighted by Gasteiger charge is -2.31. The van der Waals surface area contributed by atoms with Crippen LogP contribution in [0.15, 0.2) is 47.0 Å². The van der Waals surface area contributed by atoms with Gasteiger partial charge in [0.2, 0.25) is 4.62 Å². The maximum Gasteiger partial charge on any atom is 0.738 e. The van der Waals surface area contributed by atoms with Crippen LogP contribution in [0.5, 0.6) is 0 Å². The van der Waals surface area contributed by atoms with Crippen LogP contribution < -0.4 is 0 Å². The maximum absolute atomic E-state index is 15.0. The molecule has 2 aromatic heterocycles. The van der Waals surface area contributed by atoms with E-state index >= 15 is 8.63 Å². The second kappa shape index (κ2) is 4.94. The molecule has 0 atom stereocenters. The SMILES string of the molecule is Cc1ncc(C2=C3C=CC(Br)=[N+]3[B-](F)(F)n3c(Br)ccc32)cn1. The summed E-state index contributed by atoms with van der Waals surface area (Å²) < 4.78 is 32.7. The molecule has 23 heavy (non-hydrogen) atoms. The molecule has 2 aliphatic heterocycles. The molecule has 0 aromatic carbocycles. The van der Waals surface area contributed by atoms with Gasteiger partial charge in [-0.1, -0.05) is 0 Å². The molecule has 0 unspecified atom stereocenters. The summed E-state index contributed by atoms with van der Waals surface area (Å²) in [5.74, 6) is 0.632. The average Bonchev–Trinajstić information content (AvgIpc) is 3.06. The quantitative estimate of drug-likeness (QED) is 0.632. The molecule has 0 saturated heterocycles. The van der Waals surface area contributed by atoms with Crippen LogP contribution in [0.25, 0.3) is 5.57 Å². The standard InChI is InChI=1S/C14H9BBr2F2N4/c1-8-20-6-9(7-21-8)14-10-2-4-12(16)22(10)15(18,19)23-11(14)3-5-13(23)17/h2-7H,1H3. The summed E-state index contributed by atoms with van der Waals surface area (Å²) in [6, 6.07) is 3.31. The van der Waals surface area contributed by atoms with E-state index < -0.39 is 6.97 Å². The summed E-state index contributed by atoms with van der Waals surface area (Å²) in [6.07, 6.45) is 6.62. The van der Waals surface area contributed by atoms with Gasteiger partial charge in [0, 0.05) is 51.7 Å². The van der Waals surface area contributed by atoms with Gasteiger partial charge in [0.1, 0.15) is 5.82 Å². The summed E-state index contributed by atoms with van der Waals surface area (Å²) in [6.45, 7) is -2.21. The summed E-state index contributed by atoms with van der Waals surface area (Å²) in [5, 5.41) is 0. The van der Waals surface area contributed by atoms with Crippen molar-refractivity contribution in [2.45, 2.75) is 6.92 Å². The molecule has 0 N–H and O–H groups in total. The Balaban J connectivity index is 2.09. The minimum absolute atomic E-state index is 0.328. The molecule has 0 amide bonds. The first-order chi connectivity index (χ1) is 10.9. The molecule has 0 spiro atoms. The highest BCUT2D eigenvalue weighted by molar-refractivity contribution is 9.18. The van der Waals surface area contributed by atoms with Gasteiger partial charge >= 0.3 is 6.97 Å². The van der Waals surface area contributed by atoms with E-state index in [0.717, 1.165) is 8.96 Å². The van der Waals surface area contributed by atoms with Gasteiger partial charge in [-0.05, 0) is 35.0 Å². The second-order valence-corrected chi connectivity index (χ2v) is 6.93. The van der Waals surface area contributed by atoms with Gasteiger partial charge in [0.15, 0.2) is 5.70 Å². The van der Waals surface area contributed by atoms with Gasteiger partial charge in [-0.3, -0.25) is 0 Å². The fraction of sp³-hybridized carbons (Fsp3) is 0.0714. The summed E-state index contributed by atoms with van der Waals surface area (Å²) >= 11 is 6.46. The number of halogens is 4. The highest BCUT2D eigenvalue weighted by atomic mass is 79.9. The Hall–Kier alpha value is -1.61. The van der Waals surface area contributed by atoms with Crippen molar-refractivity contribution in [3.05, 3.63) is 64.1 Å². The normalized spacial score (nSPS) is 18.5. The zero-order valence-corrected chi connectivity index (χ0v) is 15.0. The van der Waals surface area contributed by atoms with E-state index in [0.29, 0.717) is 37.6 Å².